The lowest BCUT2D eigenvalue weighted by atomic mass is 10.1. The molecule has 0 amide bonds. The minimum atomic E-state index is -0.497. The standard InChI is InChI=1S/C14H11F2N5/c15-11-3-1-2-9(6-11)8-21-14(18-19-20-21)10-4-5-12(16)13(17)7-10/h1-7H,8,17H2. The SMILES string of the molecule is Nc1cc(-c2nnnn2Cc2cccc(F)c2)ccc1F. The van der Waals surface area contributed by atoms with Crippen molar-refractivity contribution in [3.8, 4) is 11.4 Å². The van der Waals surface area contributed by atoms with Crippen LogP contribution in [0.15, 0.2) is 42.5 Å². The number of anilines is 1. The number of nitrogens with two attached hydrogens (primary N) is 1. The maximum absolute atomic E-state index is 13.2. The molecule has 0 radical (unpaired) electrons. The third kappa shape index (κ3) is 2.71. The van der Waals surface area contributed by atoms with Crippen molar-refractivity contribution in [3.63, 3.8) is 0 Å². The summed E-state index contributed by atoms with van der Waals surface area (Å²) in [7, 11) is 0. The van der Waals surface area contributed by atoms with Gasteiger partial charge in [-0.3, -0.25) is 0 Å². The summed E-state index contributed by atoms with van der Waals surface area (Å²) < 4.78 is 27.9. The Morgan fingerprint density at radius 2 is 1.95 bits per heavy atom. The van der Waals surface area contributed by atoms with Gasteiger partial charge < -0.3 is 5.73 Å². The molecule has 2 aromatic carbocycles. The van der Waals surface area contributed by atoms with E-state index in [1.165, 1.54) is 28.9 Å². The van der Waals surface area contributed by atoms with Crippen LogP contribution in [0.5, 0.6) is 0 Å². The zero-order valence-electron chi connectivity index (χ0n) is 10.9. The minimum Gasteiger partial charge on any atom is -0.396 e. The highest BCUT2D eigenvalue weighted by Crippen LogP contribution is 2.21. The topological polar surface area (TPSA) is 69.6 Å². The third-order valence-electron chi connectivity index (χ3n) is 3.01. The van der Waals surface area contributed by atoms with Gasteiger partial charge in [0.05, 0.1) is 12.2 Å². The summed E-state index contributed by atoms with van der Waals surface area (Å²) in [5, 5.41) is 11.4. The molecule has 3 rings (SSSR count). The molecule has 106 valence electrons. The van der Waals surface area contributed by atoms with Gasteiger partial charge >= 0.3 is 0 Å². The number of nitrogen functional groups attached to an aromatic ring is 1. The number of hydrogen-bond donors (Lipinski definition) is 1. The predicted molar refractivity (Wildman–Crippen MR) is 73.1 cm³/mol. The minimum absolute atomic E-state index is 0.0211. The molecule has 1 aromatic heterocycles. The Kier molecular flexibility index (Phi) is 3.31. The molecule has 1 heterocycles. The first-order chi connectivity index (χ1) is 10.1. The molecule has 7 heteroatoms. The maximum atomic E-state index is 13.2. The summed E-state index contributed by atoms with van der Waals surface area (Å²) in [6.45, 7) is 0.303. The summed E-state index contributed by atoms with van der Waals surface area (Å²) in [6, 6.07) is 10.4. The second-order valence-corrected chi connectivity index (χ2v) is 4.53. The highest BCUT2D eigenvalue weighted by molar-refractivity contribution is 5.61. The molecule has 3 aromatic rings. The fraction of sp³-hybridized carbons (Fsp3) is 0.0714. The fourth-order valence-corrected chi connectivity index (χ4v) is 2.01. The molecule has 0 aliphatic heterocycles. The van der Waals surface area contributed by atoms with Crippen LogP contribution in [0.1, 0.15) is 5.56 Å². The number of hydrogen-bond acceptors (Lipinski definition) is 4. The quantitative estimate of drug-likeness (QED) is 0.750. The lowest BCUT2D eigenvalue weighted by molar-refractivity contribution is 0.615. The Balaban J connectivity index is 1.95. The number of aromatic nitrogens is 4. The number of nitrogens with zero attached hydrogens (tertiary/aromatic N) is 4. The first-order valence-corrected chi connectivity index (χ1v) is 6.19. The van der Waals surface area contributed by atoms with Gasteiger partial charge in [-0.25, -0.2) is 13.5 Å². The maximum Gasteiger partial charge on any atom is 0.182 e. The van der Waals surface area contributed by atoms with Crippen molar-refractivity contribution in [2.75, 3.05) is 5.73 Å². The van der Waals surface area contributed by atoms with Crippen LogP contribution in [-0.2, 0) is 6.54 Å². The first kappa shape index (κ1) is 13.2. The zero-order chi connectivity index (χ0) is 14.8. The average molecular weight is 287 g/mol. The molecule has 0 spiro atoms. The Bertz CT molecular complexity index is 785. The van der Waals surface area contributed by atoms with Gasteiger partial charge in [0, 0.05) is 5.56 Å². The molecule has 5 nitrogen and oxygen atoms in total. The molecule has 0 fully saturated rings. The van der Waals surface area contributed by atoms with Crippen molar-refractivity contribution in [1.29, 1.82) is 0 Å². The zero-order valence-corrected chi connectivity index (χ0v) is 10.9. The molecule has 0 saturated carbocycles. The van der Waals surface area contributed by atoms with Gasteiger partial charge in [-0.2, -0.15) is 0 Å². The number of rotatable bonds is 3. The Labute approximate surface area is 119 Å². The van der Waals surface area contributed by atoms with E-state index in [-0.39, 0.29) is 11.5 Å². The van der Waals surface area contributed by atoms with Crippen LogP contribution in [0.25, 0.3) is 11.4 Å². The predicted octanol–water partition coefficient (Wildman–Crippen LogP) is 2.25. The van der Waals surface area contributed by atoms with E-state index >= 15 is 0 Å². The summed E-state index contributed by atoms with van der Waals surface area (Å²) in [5.41, 5.74) is 6.88. The van der Waals surface area contributed by atoms with Crippen LogP contribution in [-0.4, -0.2) is 20.2 Å². The number of benzene rings is 2. The van der Waals surface area contributed by atoms with Gasteiger partial charge in [-0.15, -0.1) is 5.10 Å². The van der Waals surface area contributed by atoms with Gasteiger partial charge in [0.2, 0.25) is 0 Å². The first-order valence-electron chi connectivity index (χ1n) is 6.19. The number of tetrazole rings is 1. The van der Waals surface area contributed by atoms with Crippen molar-refractivity contribution in [2.24, 2.45) is 0 Å². The number of halogens is 2. The lowest BCUT2D eigenvalue weighted by Gasteiger charge is -2.06. The fourth-order valence-electron chi connectivity index (χ4n) is 2.01. The van der Waals surface area contributed by atoms with E-state index < -0.39 is 5.82 Å². The van der Waals surface area contributed by atoms with E-state index in [1.54, 1.807) is 18.2 Å². The molecular weight excluding hydrogens is 276 g/mol. The van der Waals surface area contributed by atoms with Crippen LogP contribution in [0.3, 0.4) is 0 Å². The van der Waals surface area contributed by atoms with Gasteiger partial charge in [0.15, 0.2) is 5.82 Å². The summed E-state index contributed by atoms with van der Waals surface area (Å²) in [4.78, 5) is 0. The molecule has 0 atom stereocenters. The van der Waals surface area contributed by atoms with Gasteiger partial charge in [0.1, 0.15) is 11.6 Å². The van der Waals surface area contributed by atoms with Gasteiger partial charge in [0.25, 0.3) is 0 Å². The molecule has 0 aliphatic carbocycles. The van der Waals surface area contributed by atoms with E-state index in [0.29, 0.717) is 17.9 Å². The van der Waals surface area contributed by atoms with E-state index in [1.807, 2.05) is 0 Å². The van der Waals surface area contributed by atoms with E-state index in [2.05, 4.69) is 15.5 Å². The summed E-state index contributed by atoms with van der Waals surface area (Å²) in [5.74, 6) is -0.387. The molecular formula is C14H11F2N5. The monoisotopic (exact) mass is 287 g/mol. The van der Waals surface area contributed by atoms with Crippen molar-refractivity contribution >= 4 is 5.69 Å². The average Bonchev–Trinajstić information content (AvgIpc) is 2.90. The lowest BCUT2D eigenvalue weighted by Crippen LogP contribution is -2.05. The molecule has 0 aliphatic rings. The van der Waals surface area contributed by atoms with E-state index in [9.17, 15) is 8.78 Å². The van der Waals surface area contributed by atoms with Crippen LogP contribution in [0.4, 0.5) is 14.5 Å². The van der Waals surface area contributed by atoms with Crippen molar-refractivity contribution < 1.29 is 8.78 Å². The van der Waals surface area contributed by atoms with Crippen LogP contribution >= 0.6 is 0 Å². The Morgan fingerprint density at radius 3 is 2.71 bits per heavy atom. The Hall–Kier alpha value is -2.83. The van der Waals surface area contributed by atoms with Crippen LogP contribution < -0.4 is 5.73 Å². The summed E-state index contributed by atoms with van der Waals surface area (Å²) >= 11 is 0. The Morgan fingerprint density at radius 1 is 1.10 bits per heavy atom. The second-order valence-electron chi connectivity index (χ2n) is 4.53. The highest BCUT2D eigenvalue weighted by atomic mass is 19.1. The van der Waals surface area contributed by atoms with Crippen LogP contribution in [0.2, 0.25) is 0 Å². The normalized spacial score (nSPS) is 10.8. The van der Waals surface area contributed by atoms with Crippen molar-refractivity contribution in [2.45, 2.75) is 6.54 Å². The van der Waals surface area contributed by atoms with Gasteiger partial charge in [-0.1, -0.05) is 12.1 Å². The smallest absolute Gasteiger partial charge is 0.182 e. The highest BCUT2D eigenvalue weighted by Gasteiger charge is 2.11. The molecule has 0 bridgehead atoms. The molecule has 2 N–H and O–H groups in total. The van der Waals surface area contributed by atoms with E-state index in [4.69, 9.17) is 5.73 Å². The molecule has 21 heavy (non-hydrogen) atoms. The van der Waals surface area contributed by atoms with Crippen molar-refractivity contribution in [1.82, 2.24) is 20.2 Å². The molecule has 0 saturated heterocycles. The van der Waals surface area contributed by atoms with E-state index in [0.717, 1.165) is 5.56 Å². The van der Waals surface area contributed by atoms with Gasteiger partial charge in [-0.05, 0) is 46.3 Å². The van der Waals surface area contributed by atoms with Crippen molar-refractivity contribution in [3.05, 3.63) is 59.7 Å². The third-order valence-corrected chi connectivity index (χ3v) is 3.01. The second kappa shape index (κ2) is 5.28. The molecule has 0 unspecified atom stereocenters. The largest absolute Gasteiger partial charge is 0.396 e. The van der Waals surface area contributed by atoms with Crippen LogP contribution in [0, 0.1) is 11.6 Å². The summed E-state index contributed by atoms with van der Waals surface area (Å²) in [6.07, 6.45) is 0.